The first kappa shape index (κ1) is 14.3. The molecule has 1 amide bonds. The molecule has 0 spiro atoms. The number of methoxy groups -OCH3 is 1. The summed E-state index contributed by atoms with van der Waals surface area (Å²) in [5.74, 6) is 2.70. The Morgan fingerprint density at radius 2 is 1.77 bits per heavy atom. The molecule has 4 bridgehead atoms. The van der Waals surface area contributed by atoms with Gasteiger partial charge in [-0.1, -0.05) is 18.2 Å². The summed E-state index contributed by atoms with van der Waals surface area (Å²) in [5, 5.41) is 0. The van der Waals surface area contributed by atoms with Crippen LogP contribution >= 0.6 is 0 Å². The Labute approximate surface area is 132 Å². The molecule has 5 rings (SSSR count). The van der Waals surface area contributed by atoms with Gasteiger partial charge in [0.1, 0.15) is 0 Å². The van der Waals surface area contributed by atoms with Crippen molar-refractivity contribution < 1.29 is 9.53 Å². The van der Waals surface area contributed by atoms with Crippen LogP contribution < -0.4 is 0 Å². The van der Waals surface area contributed by atoms with E-state index in [9.17, 15) is 4.79 Å². The van der Waals surface area contributed by atoms with Gasteiger partial charge in [-0.3, -0.25) is 4.79 Å². The third-order valence-electron chi connectivity index (χ3n) is 5.91. The van der Waals surface area contributed by atoms with Crippen LogP contribution in [0.15, 0.2) is 24.3 Å². The van der Waals surface area contributed by atoms with Gasteiger partial charge in [0.25, 0.3) is 5.91 Å². The topological polar surface area (TPSA) is 29.5 Å². The minimum Gasteiger partial charge on any atom is -0.380 e. The maximum absolute atomic E-state index is 13.2. The number of fused-ring (bicyclic) bond motifs is 1. The van der Waals surface area contributed by atoms with Gasteiger partial charge in [0.15, 0.2) is 0 Å². The SMILES string of the molecule is COCc1ccccc1C(=O)N1CC2CC3CC(C2)CC1C3. The molecule has 2 atom stereocenters. The Kier molecular flexibility index (Phi) is 3.69. The minimum atomic E-state index is 0.228. The van der Waals surface area contributed by atoms with Crippen molar-refractivity contribution >= 4 is 5.91 Å². The Bertz CT molecular complexity index is 556. The molecular weight excluding hydrogens is 274 g/mol. The van der Waals surface area contributed by atoms with Gasteiger partial charge in [-0.05, 0) is 61.5 Å². The number of carbonyl (C=O) groups excluding carboxylic acids is 1. The maximum Gasteiger partial charge on any atom is 0.254 e. The molecule has 2 saturated carbocycles. The van der Waals surface area contributed by atoms with Gasteiger partial charge in [-0.15, -0.1) is 0 Å². The fourth-order valence-electron chi connectivity index (χ4n) is 5.20. The van der Waals surface area contributed by atoms with Crippen LogP contribution in [0, 0.1) is 17.8 Å². The van der Waals surface area contributed by atoms with E-state index in [1.807, 2.05) is 24.3 Å². The van der Waals surface area contributed by atoms with Crippen LogP contribution in [-0.2, 0) is 11.3 Å². The third-order valence-corrected chi connectivity index (χ3v) is 5.91. The second kappa shape index (κ2) is 5.69. The molecule has 0 radical (unpaired) electrons. The average Bonchev–Trinajstić information content (AvgIpc) is 2.71. The lowest BCUT2D eigenvalue weighted by molar-refractivity contribution is 0.0628. The van der Waals surface area contributed by atoms with Gasteiger partial charge in [-0.25, -0.2) is 0 Å². The molecule has 2 aliphatic carbocycles. The van der Waals surface area contributed by atoms with Crippen LogP contribution in [0.2, 0.25) is 0 Å². The lowest BCUT2D eigenvalue weighted by atomic mass is 9.68. The van der Waals surface area contributed by atoms with Crippen LogP contribution in [0.5, 0.6) is 0 Å². The van der Waals surface area contributed by atoms with Crippen molar-refractivity contribution in [2.75, 3.05) is 13.7 Å². The van der Waals surface area contributed by atoms with Crippen molar-refractivity contribution in [1.29, 1.82) is 0 Å². The quantitative estimate of drug-likeness (QED) is 0.855. The van der Waals surface area contributed by atoms with E-state index in [0.717, 1.165) is 35.4 Å². The highest BCUT2D eigenvalue weighted by Crippen LogP contribution is 2.47. The largest absolute Gasteiger partial charge is 0.380 e. The molecule has 0 N–H and O–H groups in total. The smallest absolute Gasteiger partial charge is 0.254 e. The summed E-state index contributed by atoms with van der Waals surface area (Å²) in [6.45, 7) is 1.48. The van der Waals surface area contributed by atoms with E-state index >= 15 is 0 Å². The molecule has 2 unspecified atom stereocenters. The van der Waals surface area contributed by atoms with E-state index in [4.69, 9.17) is 4.74 Å². The highest BCUT2D eigenvalue weighted by atomic mass is 16.5. The monoisotopic (exact) mass is 299 g/mol. The van der Waals surface area contributed by atoms with Gasteiger partial charge in [0, 0.05) is 25.3 Å². The molecule has 22 heavy (non-hydrogen) atoms. The summed E-state index contributed by atoms with van der Waals surface area (Å²) in [6.07, 6.45) is 6.55. The first-order chi connectivity index (χ1) is 10.7. The average molecular weight is 299 g/mol. The molecule has 1 aromatic rings. The number of amides is 1. The van der Waals surface area contributed by atoms with E-state index in [0.29, 0.717) is 12.6 Å². The molecule has 2 aliphatic heterocycles. The highest BCUT2D eigenvalue weighted by molar-refractivity contribution is 5.96. The zero-order valence-electron chi connectivity index (χ0n) is 13.3. The number of hydrogen-bond donors (Lipinski definition) is 0. The van der Waals surface area contributed by atoms with Crippen LogP contribution in [0.3, 0.4) is 0 Å². The molecular formula is C19H25NO2. The summed E-state index contributed by atoms with van der Waals surface area (Å²) >= 11 is 0. The zero-order valence-corrected chi connectivity index (χ0v) is 13.3. The normalized spacial score (nSPS) is 33.0. The zero-order chi connectivity index (χ0) is 15.1. The molecule has 3 nitrogen and oxygen atoms in total. The first-order valence-corrected chi connectivity index (χ1v) is 8.62. The molecule has 2 heterocycles. The third kappa shape index (κ3) is 2.45. The van der Waals surface area contributed by atoms with Crippen LogP contribution in [0.1, 0.15) is 48.0 Å². The predicted molar refractivity (Wildman–Crippen MR) is 85.5 cm³/mol. The minimum absolute atomic E-state index is 0.228. The van der Waals surface area contributed by atoms with Crippen molar-refractivity contribution in [2.24, 2.45) is 17.8 Å². The van der Waals surface area contributed by atoms with Crippen molar-refractivity contribution in [1.82, 2.24) is 4.90 Å². The van der Waals surface area contributed by atoms with E-state index < -0.39 is 0 Å². The Balaban J connectivity index is 1.63. The summed E-state index contributed by atoms with van der Waals surface area (Å²) in [5.41, 5.74) is 1.85. The lowest BCUT2D eigenvalue weighted by Crippen LogP contribution is -2.42. The van der Waals surface area contributed by atoms with E-state index in [1.165, 1.54) is 32.1 Å². The summed E-state index contributed by atoms with van der Waals surface area (Å²) in [6, 6.07) is 8.40. The number of rotatable bonds is 3. The summed E-state index contributed by atoms with van der Waals surface area (Å²) < 4.78 is 5.27. The van der Waals surface area contributed by atoms with E-state index in [-0.39, 0.29) is 5.91 Å². The van der Waals surface area contributed by atoms with Crippen LogP contribution in [0.4, 0.5) is 0 Å². The summed E-state index contributed by atoms with van der Waals surface area (Å²) in [4.78, 5) is 15.4. The first-order valence-electron chi connectivity index (χ1n) is 8.62. The fourth-order valence-corrected chi connectivity index (χ4v) is 5.20. The molecule has 3 heteroatoms. The Morgan fingerprint density at radius 1 is 1.09 bits per heavy atom. The Hall–Kier alpha value is -1.35. The molecule has 4 fully saturated rings. The highest BCUT2D eigenvalue weighted by Gasteiger charge is 2.44. The van der Waals surface area contributed by atoms with Gasteiger partial charge in [0.05, 0.1) is 6.61 Å². The predicted octanol–water partition coefficient (Wildman–Crippen LogP) is 3.48. The molecule has 118 valence electrons. The van der Waals surface area contributed by atoms with Crippen LogP contribution in [0.25, 0.3) is 0 Å². The second-order valence-electron chi connectivity index (χ2n) is 7.48. The van der Waals surface area contributed by atoms with Crippen molar-refractivity contribution in [3.05, 3.63) is 35.4 Å². The van der Waals surface area contributed by atoms with Gasteiger partial charge < -0.3 is 9.64 Å². The van der Waals surface area contributed by atoms with Crippen LogP contribution in [-0.4, -0.2) is 30.5 Å². The number of nitrogens with zero attached hydrogens (tertiary/aromatic N) is 1. The van der Waals surface area contributed by atoms with Gasteiger partial charge >= 0.3 is 0 Å². The second-order valence-corrected chi connectivity index (χ2v) is 7.48. The number of ether oxygens (including phenoxy) is 1. The van der Waals surface area contributed by atoms with E-state index in [1.54, 1.807) is 7.11 Å². The standard InChI is InChI=1S/C19H25NO2/c1-22-12-16-4-2-3-5-18(16)19(21)20-11-15-7-13-6-14(8-15)10-17(20)9-13/h2-5,13-15,17H,6-12H2,1H3. The lowest BCUT2D eigenvalue weighted by Gasteiger charge is -2.39. The molecule has 0 aromatic heterocycles. The number of carbonyl (C=O) groups is 1. The molecule has 2 saturated heterocycles. The molecule has 4 aliphatic rings. The van der Waals surface area contributed by atoms with Crippen molar-refractivity contribution in [3.8, 4) is 0 Å². The summed E-state index contributed by atoms with van der Waals surface area (Å²) in [7, 11) is 1.69. The van der Waals surface area contributed by atoms with Gasteiger partial charge in [0.2, 0.25) is 0 Å². The fraction of sp³-hybridized carbons (Fsp3) is 0.632. The van der Waals surface area contributed by atoms with Crippen molar-refractivity contribution in [2.45, 2.75) is 44.8 Å². The number of hydrogen-bond acceptors (Lipinski definition) is 2. The molecule has 1 aromatic carbocycles. The van der Waals surface area contributed by atoms with Gasteiger partial charge in [-0.2, -0.15) is 0 Å². The number of benzene rings is 1. The van der Waals surface area contributed by atoms with E-state index in [2.05, 4.69) is 4.90 Å². The maximum atomic E-state index is 13.2. The Morgan fingerprint density at radius 3 is 2.50 bits per heavy atom. The van der Waals surface area contributed by atoms with Crippen molar-refractivity contribution in [3.63, 3.8) is 0 Å².